The predicted molar refractivity (Wildman–Crippen MR) is 118 cm³/mol. The monoisotopic (exact) mass is 392 g/mol. The van der Waals surface area contributed by atoms with E-state index in [1.807, 2.05) is 48.2 Å². The van der Waals surface area contributed by atoms with Crippen molar-refractivity contribution < 1.29 is 4.79 Å². The number of nitrogens with one attached hydrogen (secondary N) is 2. The normalized spacial score (nSPS) is 24.6. The molecule has 0 radical (unpaired) electrons. The minimum atomic E-state index is -0.121. The molecule has 28 heavy (non-hydrogen) atoms. The second-order valence-electron chi connectivity index (χ2n) is 7.74. The van der Waals surface area contributed by atoms with Crippen LogP contribution in [0.25, 0.3) is 0 Å². The van der Waals surface area contributed by atoms with Crippen molar-refractivity contribution in [2.45, 2.75) is 36.6 Å². The number of hydrogen-bond acceptors (Lipinski definition) is 4. The van der Waals surface area contributed by atoms with E-state index in [2.05, 4.69) is 41.5 Å². The summed E-state index contributed by atoms with van der Waals surface area (Å²) in [7, 11) is 0. The fourth-order valence-corrected chi connectivity index (χ4v) is 5.90. The molecule has 0 saturated carbocycles. The van der Waals surface area contributed by atoms with Crippen LogP contribution in [0, 0.1) is 5.92 Å². The first kappa shape index (κ1) is 19.4. The van der Waals surface area contributed by atoms with E-state index in [1.54, 1.807) is 0 Å². The van der Waals surface area contributed by atoms with Gasteiger partial charge in [0, 0.05) is 42.1 Å². The highest BCUT2D eigenvalue weighted by Gasteiger charge is 2.43. The largest absolute Gasteiger partial charge is 0.299 e. The van der Waals surface area contributed by atoms with Gasteiger partial charge in [0.2, 0.25) is 0 Å². The summed E-state index contributed by atoms with van der Waals surface area (Å²) in [6.07, 6.45) is 2.11. The van der Waals surface area contributed by atoms with Crippen LogP contribution in [0.4, 0.5) is 0 Å². The van der Waals surface area contributed by atoms with Crippen LogP contribution in [0.15, 0.2) is 72.8 Å². The summed E-state index contributed by atoms with van der Waals surface area (Å²) in [6, 6.07) is 21.5. The number of ketones is 1. The SMILES string of the molecule is C=C(C(Cc1ccccc1)C(=O)CCc1ccccc1)C1SC[C@H]2NCN[C@@H]12. The van der Waals surface area contributed by atoms with Crippen molar-refractivity contribution in [3.05, 3.63) is 83.9 Å². The second-order valence-corrected chi connectivity index (χ2v) is 8.91. The maximum Gasteiger partial charge on any atom is 0.140 e. The minimum absolute atomic E-state index is 0.121. The Kier molecular flexibility index (Phi) is 6.30. The number of fused-ring (bicyclic) bond motifs is 1. The second kappa shape index (κ2) is 9.08. The van der Waals surface area contributed by atoms with Crippen LogP contribution in [0.1, 0.15) is 17.5 Å². The van der Waals surface area contributed by atoms with E-state index >= 15 is 0 Å². The maximum atomic E-state index is 13.3. The van der Waals surface area contributed by atoms with Gasteiger partial charge in [-0.2, -0.15) is 11.8 Å². The van der Waals surface area contributed by atoms with Crippen molar-refractivity contribution in [3.8, 4) is 0 Å². The Labute approximate surface area is 172 Å². The lowest BCUT2D eigenvalue weighted by molar-refractivity contribution is -0.121. The highest BCUT2D eigenvalue weighted by atomic mass is 32.2. The first-order chi connectivity index (χ1) is 13.7. The number of hydrogen-bond donors (Lipinski definition) is 2. The molecule has 2 fully saturated rings. The molecule has 2 unspecified atom stereocenters. The molecule has 0 bridgehead atoms. The van der Waals surface area contributed by atoms with Gasteiger partial charge in [-0.05, 0) is 24.0 Å². The molecule has 0 spiro atoms. The minimum Gasteiger partial charge on any atom is -0.299 e. The summed E-state index contributed by atoms with van der Waals surface area (Å²) in [5.74, 6) is 1.27. The van der Waals surface area contributed by atoms with Gasteiger partial charge in [0.15, 0.2) is 0 Å². The molecule has 2 saturated heterocycles. The summed E-state index contributed by atoms with van der Waals surface area (Å²) in [6.45, 7) is 5.31. The van der Waals surface area contributed by atoms with Crippen LogP contribution in [0.5, 0.6) is 0 Å². The molecule has 2 aliphatic rings. The number of Topliss-reactive ketones (excluding diaryl/α,β-unsaturated/α-hetero) is 1. The van der Waals surface area contributed by atoms with Gasteiger partial charge in [0.25, 0.3) is 0 Å². The van der Waals surface area contributed by atoms with E-state index in [4.69, 9.17) is 0 Å². The summed E-state index contributed by atoms with van der Waals surface area (Å²) in [4.78, 5) is 13.3. The van der Waals surface area contributed by atoms with E-state index in [0.29, 0.717) is 29.5 Å². The number of thioether (sulfide) groups is 1. The van der Waals surface area contributed by atoms with Crippen LogP contribution in [0.3, 0.4) is 0 Å². The molecule has 3 nitrogen and oxygen atoms in total. The lowest BCUT2D eigenvalue weighted by atomic mass is 9.83. The van der Waals surface area contributed by atoms with E-state index in [9.17, 15) is 4.79 Å². The Morgan fingerprint density at radius 1 is 1.04 bits per heavy atom. The summed E-state index contributed by atoms with van der Waals surface area (Å²) >= 11 is 1.94. The Hall–Kier alpha value is -1.88. The van der Waals surface area contributed by atoms with Crippen LogP contribution < -0.4 is 10.6 Å². The Balaban J connectivity index is 1.49. The molecule has 0 aliphatic carbocycles. The molecule has 4 rings (SSSR count). The lowest BCUT2D eigenvalue weighted by Crippen LogP contribution is -2.39. The lowest BCUT2D eigenvalue weighted by Gasteiger charge is -2.26. The zero-order valence-corrected chi connectivity index (χ0v) is 17.0. The van der Waals surface area contributed by atoms with E-state index in [0.717, 1.165) is 30.8 Å². The molecule has 2 heterocycles. The predicted octanol–water partition coefficient (Wildman–Crippen LogP) is 3.61. The van der Waals surface area contributed by atoms with Crippen molar-refractivity contribution in [2.24, 2.45) is 5.92 Å². The zero-order valence-electron chi connectivity index (χ0n) is 16.1. The number of carbonyl (C=O) groups excluding carboxylic acids is 1. The molecule has 0 aromatic heterocycles. The Bertz CT molecular complexity index is 808. The molecule has 0 amide bonds. The molecule has 2 N–H and O–H groups in total. The average molecular weight is 393 g/mol. The highest BCUT2D eigenvalue weighted by Crippen LogP contribution is 2.38. The fraction of sp³-hybridized carbons (Fsp3) is 0.375. The Morgan fingerprint density at radius 3 is 2.43 bits per heavy atom. The first-order valence-corrected chi connectivity index (χ1v) is 11.1. The van der Waals surface area contributed by atoms with Crippen LogP contribution in [0.2, 0.25) is 0 Å². The number of benzene rings is 2. The maximum absolute atomic E-state index is 13.3. The van der Waals surface area contributed by atoms with Crippen LogP contribution >= 0.6 is 11.8 Å². The number of carbonyl (C=O) groups is 1. The van der Waals surface area contributed by atoms with Crippen LogP contribution in [-0.2, 0) is 17.6 Å². The average Bonchev–Trinajstić information content (AvgIpc) is 3.35. The molecule has 4 atom stereocenters. The van der Waals surface area contributed by atoms with Crippen LogP contribution in [-0.4, -0.2) is 35.5 Å². The van der Waals surface area contributed by atoms with Crippen molar-refractivity contribution in [3.63, 3.8) is 0 Å². The third-order valence-corrected chi connectivity index (χ3v) is 7.41. The molecule has 2 aromatic rings. The Morgan fingerprint density at radius 2 is 1.71 bits per heavy atom. The van der Waals surface area contributed by atoms with Gasteiger partial charge >= 0.3 is 0 Å². The quantitative estimate of drug-likeness (QED) is 0.674. The van der Waals surface area contributed by atoms with Gasteiger partial charge in [0.1, 0.15) is 5.78 Å². The molecule has 2 aromatic carbocycles. The smallest absolute Gasteiger partial charge is 0.140 e. The van der Waals surface area contributed by atoms with Crippen molar-refractivity contribution in [1.82, 2.24) is 10.6 Å². The van der Waals surface area contributed by atoms with Gasteiger partial charge < -0.3 is 0 Å². The third kappa shape index (κ3) is 4.40. The van der Waals surface area contributed by atoms with Gasteiger partial charge in [-0.15, -0.1) is 0 Å². The number of aryl methyl sites for hydroxylation is 1. The van der Waals surface area contributed by atoms with E-state index in [1.165, 1.54) is 11.1 Å². The van der Waals surface area contributed by atoms with Crippen molar-refractivity contribution in [2.75, 3.05) is 12.4 Å². The third-order valence-electron chi connectivity index (χ3n) is 5.90. The fourth-order valence-electron chi connectivity index (χ4n) is 4.29. The topological polar surface area (TPSA) is 41.1 Å². The molecular weight excluding hydrogens is 364 g/mol. The molecular formula is C24H28N2OS. The summed E-state index contributed by atoms with van der Waals surface area (Å²) in [5.41, 5.74) is 3.52. The molecule has 4 heteroatoms. The summed E-state index contributed by atoms with van der Waals surface area (Å²) in [5, 5.41) is 7.37. The van der Waals surface area contributed by atoms with Gasteiger partial charge in [-0.1, -0.05) is 72.8 Å². The zero-order chi connectivity index (χ0) is 19.3. The first-order valence-electron chi connectivity index (χ1n) is 10.1. The number of rotatable bonds is 8. The van der Waals surface area contributed by atoms with Gasteiger partial charge in [-0.25, -0.2) is 0 Å². The van der Waals surface area contributed by atoms with Crippen molar-refractivity contribution >= 4 is 17.5 Å². The van der Waals surface area contributed by atoms with Crippen molar-refractivity contribution in [1.29, 1.82) is 0 Å². The van der Waals surface area contributed by atoms with Gasteiger partial charge in [-0.3, -0.25) is 15.4 Å². The molecule has 146 valence electrons. The van der Waals surface area contributed by atoms with E-state index < -0.39 is 0 Å². The standard InChI is InChI=1S/C24H28N2OS/c1-17(24-23-21(15-28-24)25-16-26-23)20(14-19-10-6-3-7-11-19)22(27)13-12-18-8-4-2-5-9-18/h2-11,20-21,23-26H,1,12-16H2/t20?,21-,23-,24?/m1/s1. The summed E-state index contributed by atoms with van der Waals surface area (Å²) < 4.78 is 0. The molecule has 2 aliphatic heterocycles. The van der Waals surface area contributed by atoms with Gasteiger partial charge in [0.05, 0.1) is 0 Å². The highest BCUT2D eigenvalue weighted by molar-refractivity contribution is 8.00. The van der Waals surface area contributed by atoms with E-state index in [-0.39, 0.29) is 5.92 Å².